The van der Waals surface area contributed by atoms with Gasteiger partial charge in [-0.3, -0.25) is 0 Å². The van der Waals surface area contributed by atoms with Gasteiger partial charge in [0.25, 0.3) is 0 Å². The molecule has 0 unspecified atom stereocenters. The van der Waals surface area contributed by atoms with Gasteiger partial charge in [0.15, 0.2) is 0 Å². The molecule has 2 aliphatic carbocycles. The van der Waals surface area contributed by atoms with Crippen LogP contribution in [0.25, 0.3) is 33.4 Å². The van der Waals surface area contributed by atoms with Crippen molar-refractivity contribution in [1.82, 2.24) is 0 Å². The second kappa shape index (κ2) is 17.7. The summed E-state index contributed by atoms with van der Waals surface area (Å²) in [5.41, 5.74) is 10.7. The minimum absolute atomic E-state index is 0. The molecule has 6 aromatic rings. The number of hydrogen-bond acceptors (Lipinski definition) is 0. The molecule has 0 N–H and O–H groups in total. The van der Waals surface area contributed by atoms with Crippen LogP contribution < -0.4 is 28.1 Å². The van der Waals surface area contributed by atoms with Gasteiger partial charge in [-0.15, -0.1) is 0 Å². The van der Waals surface area contributed by atoms with Crippen molar-refractivity contribution in [3.63, 3.8) is 0 Å². The van der Waals surface area contributed by atoms with E-state index in [0.29, 0.717) is 17.5 Å². The van der Waals surface area contributed by atoms with E-state index in [4.69, 9.17) is 0 Å². The van der Waals surface area contributed by atoms with Gasteiger partial charge in [-0.25, -0.2) is 0 Å². The quantitative estimate of drug-likeness (QED) is 0.147. The Bertz CT molecular complexity index is 2610. The van der Waals surface area contributed by atoms with Crippen LogP contribution in [0.2, 0.25) is 3.63 Å². The van der Waals surface area contributed by atoms with Crippen LogP contribution in [0.15, 0.2) is 152 Å². The molecule has 0 spiro atoms. The molecule has 0 nitrogen and oxygen atoms in total. The zero-order valence-electron chi connectivity index (χ0n) is 35.2. The summed E-state index contributed by atoms with van der Waals surface area (Å²) < 4.78 is 86.4. The standard InChI is InChI=1S/C33H33.C15H8F6.C5H5.2ClH.Zr/c1-32(2,3)30-20-26-24(18-28(30)22-13-9-7-10-14-22)17-25-19-29(23-15-11-8-12-16-23)31(21-27(25)26)33(4,5)6;16-14(17,18)12-5-1-10(2-6-12)9-11-3-7-13(8-4-11)15(19,20)21;1-2-4-5-3-1;;;/h7-16,18,20-21H,17H2,1-6H3;1-8H;1-5H;2*1H;/q;;;;;+2/p-2. The summed E-state index contributed by atoms with van der Waals surface area (Å²) in [6, 6.07) is 38.3. The van der Waals surface area contributed by atoms with Crippen LogP contribution >= 0.6 is 0 Å². The molecule has 0 bridgehead atoms. The van der Waals surface area contributed by atoms with Crippen molar-refractivity contribution in [3.8, 4) is 33.4 Å². The van der Waals surface area contributed by atoms with E-state index in [2.05, 4.69) is 108 Å². The number of alkyl halides is 6. The minimum atomic E-state index is -4.55. The fraction of sp³-hybridized carbons (Fsp3) is 0.226. The number of hydrogen-bond donors (Lipinski definition) is 0. The molecule has 0 radical (unpaired) electrons. The fourth-order valence-electron chi connectivity index (χ4n) is 8.86. The number of fused-ring (bicyclic) bond motifs is 3. The first-order chi connectivity index (χ1) is 28.3. The van der Waals surface area contributed by atoms with Crippen molar-refractivity contribution in [2.75, 3.05) is 0 Å². The second-order valence-electron chi connectivity index (χ2n) is 17.9. The van der Waals surface area contributed by atoms with Gasteiger partial charge in [0.2, 0.25) is 0 Å². The van der Waals surface area contributed by atoms with E-state index in [0.717, 1.165) is 55.3 Å². The van der Waals surface area contributed by atoms with Gasteiger partial charge in [-0.2, -0.15) is 0 Å². The SMILES string of the molecule is CC(C)(C)c1cc2c(cc1-c1ccccc1)Cc1c-2cc(C(C)(C)C)c(-c2ccccc2)[c]1[Zr+2](=[C](c1ccc(C(F)(F)F)cc1)c1ccc(C(F)(F)F)cc1)[CH]1C=CC=C1.[Cl-].[Cl-]. The maximum absolute atomic E-state index is 14.1. The predicted molar refractivity (Wildman–Crippen MR) is 231 cm³/mol. The average Bonchev–Trinajstić information content (AvgIpc) is 3.87. The van der Waals surface area contributed by atoms with Crippen LogP contribution in [0, 0.1) is 0 Å². The van der Waals surface area contributed by atoms with Gasteiger partial charge >= 0.3 is 358 Å². The summed E-state index contributed by atoms with van der Waals surface area (Å²) in [6.45, 7) is 13.4. The van der Waals surface area contributed by atoms with Crippen molar-refractivity contribution in [3.05, 3.63) is 196 Å². The van der Waals surface area contributed by atoms with Gasteiger partial charge in [0.1, 0.15) is 0 Å². The maximum atomic E-state index is 14.1. The normalized spacial score (nSPS) is 13.5. The van der Waals surface area contributed by atoms with E-state index < -0.39 is 44.7 Å². The van der Waals surface area contributed by atoms with Crippen molar-refractivity contribution in [2.24, 2.45) is 0 Å². The molecule has 2 aliphatic rings. The summed E-state index contributed by atoms with van der Waals surface area (Å²) in [5, 5.41) is 0. The molecule has 318 valence electrons. The Kier molecular flexibility index (Phi) is 13.5. The largest absolute Gasteiger partial charge is 1.00 e. The zero-order valence-corrected chi connectivity index (χ0v) is 39.2. The van der Waals surface area contributed by atoms with Gasteiger partial charge in [-0.1, -0.05) is 0 Å². The first kappa shape index (κ1) is 47.2. The molecular formula is C53H46Cl2F6Zr. The molecule has 9 heteroatoms. The fourth-order valence-corrected chi connectivity index (χ4v) is 17.7. The van der Waals surface area contributed by atoms with Crippen molar-refractivity contribution >= 4 is 6.48 Å². The Balaban J connectivity index is 0.00000321. The summed E-state index contributed by atoms with van der Waals surface area (Å²) in [6.07, 6.45) is -0.0491. The third kappa shape index (κ3) is 9.19. The van der Waals surface area contributed by atoms with Crippen LogP contribution in [0.4, 0.5) is 26.3 Å². The maximum Gasteiger partial charge on any atom is -1.00 e. The van der Waals surface area contributed by atoms with E-state index in [9.17, 15) is 26.3 Å². The van der Waals surface area contributed by atoms with Crippen LogP contribution in [-0.2, 0) is 50.9 Å². The molecule has 62 heavy (non-hydrogen) atoms. The van der Waals surface area contributed by atoms with E-state index in [1.54, 1.807) is 0 Å². The predicted octanol–water partition coefficient (Wildman–Crippen LogP) is 8.66. The first-order valence-corrected chi connectivity index (χ1v) is 24.1. The molecule has 0 fully saturated rings. The molecule has 8 rings (SSSR count). The third-order valence-electron chi connectivity index (χ3n) is 11.7. The third-order valence-corrected chi connectivity index (χ3v) is 19.7. The molecule has 0 saturated heterocycles. The molecule has 0 atom stereocenters. The molecule has 0 aromatic heterocycles. The molecule has 6 aromatic carbocycles. The Hall–Kier alpha value is -4.29. The summed E-state index contributed by atoms with van der Waals surface area (Å²) in [5.74, 6) is 0. The van der Waals surface area contributed by atoms with E-state index in [1.807, 2.05) is 36.4 Å². The van der Waals surface area contributed by atoms with Crippen LogP contribution in [0.5, 0.6) is 0 Å². The molecule has 0 saturated carbocycles. The summed E-state index contributed by atoms with van der Waals surface area (Å²) in [4.78, 5) is 0. The van der Waals surface area contributed by atoms with Crippen LogP contribution in [-0.4, -0.2) is 3.21 Å². The van der Waals surface area contributed by atoms with Crippen LogP contribution in [0.1, 0.15) is 86.1 Å². The van der Waals surface area contributed by atoms with Gasteiger partial charge < -0.3 is 24.8 Å². The first-order valence-electron chi connectivity index (χ1n) is 20.2. The van der Waals surface area contributed by atoms with Crippen LogP contribution in [0.3, 0.4) is 0 Å². The topological polar surface area (TPSA) is 0 Å². The van der Waals surface area contributed by atoms with E-state index >= 15 is 0 Å². The summed E-state index contributed by atoms with van der Waals surface area (Å²) in [7, 11) is 0. The average molecular weight is 959 g/mol. The number of halogens is 8. The smallest absolute Gasteiger partial charge is 1.00 e. The molecule has 0 amide bonds. The molecule has 0 heterocycles. The van der Waals surface area contributed by atoms with Gasteiger partial charge in [-0.05, 0) is 0 Å². The van der Waals surface area contributed by atoms with E-state index in [1.165, 1.54) is 55.4 Å². The Morgan fingerprint density at radius 1 is 0.516 bits per heavy atom. The number of allylic oxidation sites excluding steroid dienone is 4. The minimum Gasteiger partial charge on any atom is -1.00 e. The van der Waals surface area contributed by atoms with Gasteiger partial charge in [0, 0.05) is 0 Å². The number of rotatable bonds is 6. The monoisotopic (exact) mass is 956 g/mol. The Morgan fingerprint density at radius 3 is 1.42 bits per heavy atom. The van der Waals surface area contributed by atoms with E-state index in [-0.39, 0.29) is 39.3 Å². The van der Waals surface area contributed by atoms with Gasteiger partial charge in [0.05, 0.1) is 0 Å². The Morgan fingerprint density at radius 2 is 0.968 bits per heavy atom. The molecular weight excluding hydrogens is 913 g/mol. The Labute approximate surface area is 380 Å². The number of benzene rings is 6. The summed E-state index contributed by atoms with van der Waals surface area (Å²) >= 11 is -3.68. The van der Waals surface area contributed by atoms with Crippen molar-refractivity contribution < 1.29 is 72.4 Å². The van der Waals surface area contributed by atoms with Crippen molar-refractivity contribution in [2.45, 2.75) is 74.8 Å². The molecule has 0 aliphatic heterocycles. The second-order valence-corrected chi connectivity index (χ2v) is 24.0. The zero-order chi connectivity index (χ0) is 42.8. The van der Waals surface area contributed by atoms with Crippen molar-refractivity contribution in [1.29, 1.82) is 0 Å².